The number of hydrogen-bond donors (Lipinski definition) is 2. The van der Waals surface area contributed by atoms with Gasteiger partial charge in [0.1, 0.15) is 0 Å². The van der Waals surface area contributed by atoms with Crippen LogP contribution in [0.4, 0.5) is 17.1 Å². The Balaban J connectivity index is 1.46. The molecule has 0 unspecified atom stereocenters. The normalized spacial score (nSPS) is 12.7. The van der Waals surface area contributed by atoms with Crippen LogP contribution in [0.5, 0.6) is 0 Å². The average molecular weight is 514 g/mol. The van der Waals surface area contributed by atoms with Gasteiger partial charge in [-0.05, 0) is 55.8 Å². The SMILES string of the molecule is CCCCN1C(=O)c2cccc3c(NC(=O)c4ccccc4NS(=O)(=O)c4ccc(C)cc4)ccc1c23. The monoisotopic (exact) mass is 513 g/mol. The van der Waals surface area contributed by atoms with Crippen LogP contribution in [0, 0.1) is 6.92 Å². The highest BCUT2D eigenvalue weighted by atomic mass is 32.2. The van der Waals surface area contributed by atoms with Crippen LogP contribution in [0.15, 0.2) is 83.8 Å². The van der Waals surface area contributed by atoms with Crippen molar-refractivity contribution >= 4 is 49.7 Å². The third-order valence-corrected chi connectivity index (χ3v) is 7.90. The highest BCUT2D eigenvalue weighted by Gasteiger charge is 2.30. The van der Waals surface area contributed by atoms with E-state index < -0.39 is 15.9 Å². The van der Waals surface area contributed by atoms with Crippen LogP contribution in [0.1, 0.15) is 46.0 Å². The quantitative estimate of drug-likeness (QED) is 0.304. The fraction of sp³-hybridized carbons (Fsp3) is 0.172. The summed E-state index contributed by atoms with van der Waals surface area (Å²) in [6.07, 6.45) is 1.87. The molecule has 0 spiro atoms. The van der Waals surface area contributed by atoms with E-state index in [0.717, 1.165) is 34.9 Å². The maximum atomic E-state index is 13.4. The highest BCUT2D eigenvalue weighted by molar-refractivity contribution is 7.92. The number of para-hydroxylation sites is 1. The molecule has 5 rings (SSSR count). The first kappa shape index (κ1) is 24.5. The Morgan fingerprint density at radius 1 is 0.892 bits per heavy atom. The summed E-state index contributed by atoms with van der Waals surface area (Å²) < 4.78 is 28.5. The van der Waals surface area contributed by atoms with Gasteiger partial charge in [0.15, 0.2) is 0 Å². The third kappa shape index (κ3) is 4.56. The fourth-order valence-electron chi connectivity index (χ4n) is 4.57. The molecule has 0 atom stereocenters. The number of rotatable bonds is 8. The third-order valence-electron chi connectivity index (χ3n) is 6.52. The molecule has 1 aliphatic heterocycles. The van der Waals surface area contributed by atoms with E-state index >= 15 is 0 Å². The van der Waals surface area contributed by atoms with Gasteiger partial charge < -0.3 is 10.2 Å². The van der Waals surface area contributed by atoms with Crippen molar-refractivity contribution in [2.24, 2.45) is 0 Å². The van der Waals surface area contributed by atoms with Crippen molar-refractivity contribution in [1.82, 2.24) is 0 Å². The maximum absolute atomic E-state index is 13.4. The van der Waals surface area contributed by atoms with E-state index in [0.29, 0.717) is 17.8 Å². The Morgan fingerprint density at radius 2 is 1.65 bits per heavy atom. The van der Waals surface area contributed by atoms with Gasteiger partial charge in [-0.1, -0.05) is 55.3 Å². The summed E-state index contributed by atoms with van der Waals surface area (Å²) in [5.41, 5.74) is 3.31. The molecule has 188 valence electrons. The molecule has 0 saturated heterocycles. The lowest BCUT2D eigenvalue weighted by Gasteiger charge is -2.18. The van der Waals surface area contributed by atoms with E-state index in [2.05, 4.69) is 17.0 Å². The van der Waals surface area contributed by atoms with Gasteiger partial charge in [-0.25, -0.2) is 8.42 Å². The molecule has 0 saturated carbocycles. The molecule has 0 aromatic heterocycles. The van der Waals surface area contributed by atoms with Crippen molar-refractivity contribution < 1.29 is 18.0 Å². The number of carbonyl (C=O) groups is 2. The van der Waals surface area contributed by atoms with Gasteiger partial charge in [0.05, 0.1) is 21.8 Å². The first-order valence-electron chi connectivity index (χ1n) is 12.2. The van der Waals surface area contributed by atoms with Crippen LogP contribution < -0.4 is 14.9 Å². The number of carbonyl (C=O) groups excluding carboxylic acids is 2. The summed E-state index contributed by atoms with van der Waals surface area (Å²) >= 11 is 0. The molecular weight excluding hydrogens is 486 g/mol. The Bertz CT molecular complexity index is 1630. The number of amides is 2. The minimum Gasteiger partial charge on any atom is -0.321 e. The van der Waals surface area contributed by atoms with Gasteiger partial charge >= 0.3 is 0 Å². The topological polar surface area (TPSA) is 95.6 Å². The van der Waals surface area contributed by atoms with Crippen molar-refractivity contribution in [3.63, 3.8) is 0 Å². The summed E-state index contributed by atoms with van der Waals surface area (Å²) in [6.45, 7) is 4.60. The molecule has 0 fully saturated rings. The molecule has 0 aliphatic carbocycles. The summed E-state index contributed by atoms with van der Waals surface area (Å²) in [4.78, 5) is 28.3. The van der Waals surface area contributed by atoms with Gasteiger partial charge in [-0.2, -0.15) is 0 Å². The second-order valence-electron chi connectivity index (χ2n) is 9.09. The number of nitrogens with one attached hydrogen (secondary N) is 2. The van der Waals surface area contributed by atoms with E-state index in [9.17, 15) is 18.0 Å². The van der Waals surface area contributed by atoms with E-state index in [1.165, 1.54) is 12.1 Å². The first-order valence-corrected chi connectivity index (χ1v) is 13.7. The van der Waals surface area contributed by atoms with Crippen molar-refractivity contribution in [3.05, 3.63) is 95.6 Å². The largest absolute Gasteiger partial charge is 0.321 e. The van der Waals surface area contributed by atoms with Gasteiger partial charge in [-0.3, -0.25) is 14.3 Å². The van der Waals surface area contributed by atoms with Crippen molar-refractivity contribution in [1.29, 1.82) is 0 Å². The molecule has 0 bridgehead atoms. The van der Waals surface area contributed by atoms with E-state index in [1.807, 2.05) is 25.1 Å². The molecule has 7 nitrogen and oxygen atoms in total. The zero-order chi connectivity index (χ0) is 26.2. The van der Waals surface area contributed by atoms with Gasteiger partial charge in [0, 0.05) is 28.6 Å². The zero-order valence-electron chi connectivity index (χ0n) is 20.6. The summed E-state index contributed by atoms with van der Waals surface area (Å²) in [6, 6.07) is 22.1. The van der Waals surface area contributed by atoms with Crippen LogP contribution in [-0.4, -0.2) is 26.8 Å². The smallest absolute Gasteiger partial charge is 0.261 e. The van der Waals surface area contributed by atoms with Crippen LogP contribution in [0.25, 0.3) is 10.8 Å². The molecule has 8 heteroatoms. The number of anilines is 3. The molecule has 4 aromatic carbocycles. The second-order valence-corrected chi connectivity index (χ2v) is 10.8. The minimum absolute atomic E-state index is 0.0339. The molecule has 4 aromatic rings. The van der Waals surface area contributed by atoms with Gasteiger partial charge in [0.25, 0.3) is 21.8 Å². The number of nitrogens with zero attached hydrogens (tertiary/aromatic N) is 1. The molecular formula is C29H27N3O4S. The molecule has 0 radical (unpaired) electrons. The lowest BCUT2D eigenvalue weighted by atomic mass is 10.0. The Kier molecular flexibility index (Phi) is 6.43. The van der Waals surface area contributed by atoms with Crippen molar-refractivity contribution in [3.8, 4) is 0 Å². The number of aryl methyl sites for hydroxylation is 1. The Hall–Kier alpha value is -4.17. The number of unbranched alkanes of at least 4 members (excludes halogenated alkanes) is 1. The lowest BCUT2D eigenvalue weighted by Crippen LogP contribution is -2.27. The van der Waals surface area contributed by atoms with Crippen LogP contribution in [-0.2, 0) is 10.0 Å². The van der Waals surface area contributed by atoms with Crippen molar-refractivity contribution in [2.45, 2.75) is 31.6 Å². The molecule has 1 aliphatic rings. The minimum atomic E-state index is -3.89. The Morgan fingerprint density at radius 3 is 2.41 bits per heavy atom. The van der Waals surface area contributed by atoms with Crippen LogP contribution in [0.3, 0.4) is 0 Å². The van der Waals surface area contributed by atoms with Crippen LogP contribution >= 0.6 is 0 Å². The molecule has 2 amide bonds. The van der Waals surface area contributed by atoms with Crippen LogP contribution in [0.2, 0.25) is 0 Å². The fourth-order valence-corrected chi connectivity index (χ4v) is 5.65. The van der Waals surface area contributed by atoms with E-state index in [1.54, 1.807) is 53.4 Å². The predicted molar refractivity (Wildman–Crippen MR) is 147 cm³/mol. The van der Waals surface area contributed by atoms with Crippen molar-refractivity contribution in [2.75, 3.05) is 21.5 Å². The van der Waals surface area contributed by atoms with Gasteiger partial charge in [-0.15, -0.1) is 0 Å². The number of sulfonamides is 1. The Labute approximate surface area is 216 Å². The second kappa shape index (κ2) is 9.71. The molecule has 1 heterocycles. The maximum Gasteiger partial charge on any atom is 0.261 e. The summed E-state index contributed by atoms with van der Waals surface area (Å²) in [5, 5.41) is 4.50. The highest BCUT2D eigenvalue weighted by Crippen LogP contribution is 2.41. The number of benzene rings is 4. The average Bonchev–Trinajstić information content (AvgIpc) is 3.16. The van der Waals surface area contributed by atoms with E-state index in [4.69, 9.17) is 0 Å². The molecule has 37 heavy (non-hydrogen) atoms. The number of hydrogen-bond acceptors (Lipinski definition) is 4. The standard InChI is InChI=1S/C29H27N3O4S/c1-3-4-18-32-26-17-16-24(21-9-7-10-23(27(21)26)29(32)34)30-28(33)22-8-5-6-11-25(22)31-37(35,36)20-14-12-19(2)13-15-20/h5-17,31H,3-4,18H2,1-2H3,(H,30,33). The predicted octanol–water partition coefficient (Wildman–Crippen LogP) is 5.96. The van der Waals surface area contributed by atoms with E-state index in [-0.39, 0.29) is 22.1 Å². The summed E-state index contributed by atoms with van der Waals surface area (Å²) in [5.74, 6) is -0.497. The summed E-state index contributed by atoms with van der Waals surface area (Å²) in [7, 11) is -3.89. The zero-order valence-corrected chi connectivity index (χ0v) is 21.4. The van der Waals surface area contributed by atoms with Gasteiger partial charge in [0.2, 0.25) is 0 Å². The lowest BCUT2D eigenvalue weighted by molar-refractivity contribution is 0.0991. The first-order chi connectivity index (χ1) is 17.8. The molecule has 2 N–H and O–H groups in total.